The maximum absolute atomic E-state index is 13.3. The number of nitrogens with two attached hydrogens (primary N) is 1. The minimum absolute atomic E-state index is 0.168. The molecule has 0 saturated carbocycles. The van der Waals surface area contributed by atoms with Crippen molar-refractivity contribution in [3.63, 3.8) is 0 Å². The fraction of sp³-hybridized carbons (Fsp3) is 0. The second-order valence-electron chi connectivity index (χ2n) is 3.83. The van der Waals surface area contributed by atoms with Gasteiger partial charge in [0.1, 0.15) is 5.82 Å². The predicted octanol–water partition coefficient (Wildman–Crippen LogP) is 2.41. The molecule has 0 atom stereocenters. The SMILES string of the molecule is Nc1nc(-c2ccncc2)c2cc(F)ccc2n1. The van der Waals surface area contributed by atoms with E-state index in [-0.39, 0.29) is 11.8 Å². The van der Waals surface area contributed by atoms with Crippen molar-refractivity contribution in [3.8, 4) is 11.3 Å². The molecule has 2 N–H and O–H groups in total. The Balaban J connectivity index is 2.37. The summed E-state index contributed by atoms with van der Waals surface area (Å²) < 4.78 is 13.3. The molecule has 88 valence electrons. The first-order valence-electron chi connectivity index (χ1n) is 5.37. The fourth-order valence-electron chi connectivity index (χ4n) is 1.85. The summed E-state index contributed by atoms with van der Waals surface area (Å²) in [6.45, 7) is 0. The van der Waals surface area contributed by atoms with E-state index < -0.39 is 0 Å². The van der Waals surface area contributed by atoms with Crippen LogP contribution in [0.15, 0.2) is 42.7 Å². The van der Waals surface area contributed by atoms with Gasteiger partial charge in [0.15, 0.2) is 0 Å². The molecule has 2 aromatic heterocycles. The second kappa shape index (κ2) is 4.03. The van der Waals surface area contributed by atoms with Crippen LogP contribution >= 0.6 is 0 Å². The summed E-state index contributed by atoms with van der Waals surface area (Å²) in [6.07, 6.45) is 3.30. The summed E-state index contributed by atoms with van der Waals surface area (Å²) in [5.74, 6) is -0.160. The number of rotatable bonds is 1. The summed E-state index contributed by atoms with van der Waals surface area (Å²) in [5, 5.41) is 0.635. The molecule has 18 heavy (non-hydrogen) atoms. The molecule has 0 amide bonds. The Morgan fingerprint density at radius 3 is 2.56 bits per heavy atom. The van der Waals surface area contributed by atoms with E-state index in [2.05, 4.69) is 15.0 Å². The third kappa shape index (κ3) is 1.75. The molecule has 0 aliphatic heterocycles. The Labute approximate surface area is 102 Å². The Morgan fingerprint density at radius 1 is 1.00 bits per heavy atom. The van der Waals surface area contributed by atoms with E-state index in [1.165, 1.54) is 12.1 Å². The molecular formula is C13H9FN4. The highest BCUT2D eigenvalue weighted by Gasteiger charge is 2.09. The summed E-state index contributed by atoms with van der Waals surface area (Å²) in [6, 6.07) is 7.95. The first-order valence-corrected chi connectivity index (χ1v) is 5.37. The minimum atomic E-state index is -0.328. The number of aromatic nitrogens is 3. The largest absolute Gasteiger partial charge is 0.368 e. The molecule has 0 radical (unpaired) electrons. The van der Waals surface area contributed by atoms with Gasteiger partial charge in [0.25, 0.3) is 0 Å². The van der Waals surface area contributed by atoms with Gasteiger partial charge in [0.2, 0.25) is 5.95 Å². The van der Waals surface area contributed by atoms with Gasteiger partial charge < -0.3 is 5.73 Å². The fourth-order valence-corrected chi connectivity index (χ4v) is 1.85. The number of nitrogen functional groups attached to an aromatic ring is 1. The number of benzene rings is 1. The second-order valence-corrected chi connectivity index (χ2v) is 3.83. The van der Waals surface area contributed by atoms with Crippen LogP contribution in [0.2, 0.25) is 0 Å². The molecule has 2 heterocycles. The average Bonchev–Trinajstić information content (AvgIpc) is 2.39. The molecule has 0 saturated heterocycles. The van der Waals surface area contributed by atoms with Gasteiger partial charge in [-0.25, -0.2) is 14.4 Å². The quantitative estimate of drug-likeness (QED) is 0.709. The molecule has 0 unspecified atom stereocenters. The standard InChI is InChI=1S/C13H9FN4/c14-9-1-2-11-10(7-9)12(18-13(15)17-11)8-3-5-16-6-4-8/h1-7H,(H2,15,17,18). The summed E-state index contributed by atoms with van der Waals surface area (Å²) in [4.78, 5) is 12.2. The molecular weight excluding hydrogens is 231 g/mol. The number of fused-ring (bicyclic) bond motifs is 1. The average molecular weight is 240 g/mol. The van der Waals surface area contributed by atoms with E-state index in [4.69, 9.17) is 5.73 Å². The van der Waals surface area contributed by atoms with Gasteiger partial charge in [-0.15, -0.1) is 0 Å². The van der Waals surface area contributed by atoms with Crippen LogP contribution in [0.5, 0.6) is 0 Å². The molecule has 0 fully saturated rings. The molecule has 3 rings (SSSR count). The van der Waals surface area contributed by atoms with Crippen molar-refractivity contribution in [2.45, 2.75) is 0 Å². The Kier molecular flexibility index (Phi) is 2.37. The number of halogens is 1. The lowest BCUT2D eigenvalue weighted by molar-refractivity contribution is 0.629. The lowest BCUT2D eigenvalue weighted by Crippen LogP contribution is -1.98. The van der Waals surface area contributed by atoms with Crippen LogP contribution in [-0.2, 0) is 0 Å². The summed E-state index contributed by atoms with van der Waals surface area (Å²) in [5.41, 5.74) is 7.73. The van der Waals surface area contributed by atoms with E-state index in [9.17, 15) is 4.39 Å². The Bertz CT molecular complexity index is 713. The van der Waals surface area contributed by atoms with Crippen LogP contribution in [0, 0.1) is 5.82 Å². The van der Waals surface area contributed by atoms with Gasteiger partial charge >= 0.3 is 0 Å². The normalized spacial score (nSPS) is 10.7. The third-order valence-electron chi connectivity index (χ3n) is 2.63. The van der Waals surface area contributed by atoms with E-state index in [0.29, 0.717) is 16.6 Å². The predicted molar refractivity (Wildman–Crippen MR) is 67.1 cm³/mol. The minimum Gasteiger partial charge on any atom is -0.368 e. The summed E-state index contributed by atoms with van der Waals surface area (Å²) in [7, 11) is 0. The third-order valence-corrected chi connectivity index (χ3v) is 2.63. The number of pyridine rings is 1. The van der Waals surface area contributed by atoms with Crippen LogP contribution < -0.4 is 5.73 Å². The van der Waals surface area contributed by atoms with Crippen molar-refractivity contribution in [2.75, 3.05) is 5.73 Å². The van der Waals surface area contributed by atoms with Crippen LogP contribution in [0.1, 0.15) is 0 Å². The maximum Gasteiger partial charge on any atom is 0.221 e. The number of hydrogen-bond donors (Lipinski definition) is 1. The van der Waals surface area contributed by atoms with E-state index in [1.807, 2.05) is 0 Å². The summed E-state index contributed by atoms with van der Waals surface area (Å²) >= 11 is 0. The highest BCUT2D eigenvalue weighted by atomic mass is 19.1. The van der Waals surface area contributed by atoms with Crippen LogP contribution in [0.4, 0.5) is 10.3 Å². The maximum atomic E-state index is 13.3. The molecule has 3 aromatic rings. The van der Waals surface area contributed by atoms with Crippen molar-refractivity contribution in [2.24, 2.45) is 0 Å². The van der Waals surface area contributed by atoms with Crippen molar-refractivity contribution in [1.29, 1.82) is 0 Å². The van der Waals surface area contributed by atoms with Crippen LogP contribution in [0.3, 0.4) is 0 Å². The first kappa shape index (κ1) is 10.6. The first-order chi connectivity index (χ1) is 8.74. The number of nitrogens with zero attached hydrogens (tertiary/aromatic N) is 3. The number of hydrogen-bond acceptors (Lipinski definition) is 4. The van der Waals surface area contributed by atoms with E-state index in [1.54, 1.807) is 30.6 Å². The zero-order valence-electron chi connectivity index (χ0n) is 9.34. The molecule has 0 bridgehead atoms. The topological polar surface area (TPSA) is 64.7 Å². The van der Waals surface area contributed by atoms with Crippen molar-refractivity contribution in [3.05, 3.63) is 48.5 Å². The molecule has 0 aliphatic rings. The van der Waals surface area contributed by atoms with Crippen molar-refractivity contribution in [1.82, 2.24) is 15.0 Å². The van der Waals surface area contributed by atoms with Gasteiger partial charge in [0, 0.05) is 23.3 Å². The van der Waals surface area contributed by atoms with Gasteiger partial charge in [-0.1, -0.05) is 0 Å². The number of anilines is 1. The highest BCUT2D eigenvalue weighted by molar-refractivity contribution is 5.92. The monoisotopic (exact) mass is 240 g/mol. The van der Waals surface area contributed by atoms with Crippen LogP contribution in [0.25, 0.3) is 22.2 Å². The van der Waals surface area contributed by atoms with Crippen molar-refractivity contribution < 1.29 is 4.39 Å². The van der Waals surface area contributed by atoms with Gasteiger partial charge in [-0.05, 0) is 30.3 Å². The highest BCUT2D eigenvalue weighted by Crippen LogP contribution is 2.26. The molecule has 4 nitrogen and oxygen atoms in total. The molecule has 1 aromatic carbocycles. The molecule has 0 aliphatic carbocycles. The Hall–Kier alpha value is -2.56. The molecule has 0 spiro atoms. The van der Waals surface area contributed by atoms with Gasteiger partial charge in [0.05, 0.1) is 11.2 Å². The zero-order valence-corrected chi connectivity index (χ0v) is 9.34. The Morgan fingerprint density at radius 2 is 1.78 bits per heavy atom. The van der Waals surface area contributed by atoms with E-state index >= 15 is 0 Å². The van der Waals surface area contributed by atoms with E-state index in [0.717, 1.165) is 5.56 Å². The van der Waals surface area contributed by atoms with Gasteiger partial charge in [-0.2, -0.15) is 0 Å². The lowest BCUT2D eigenvalue weighted by Gasteiger charge is -2.06. The lowest BCUT2D eigenvalue weighted by atomic mass is 10.1. The molecule has 5 heteroatoms. The van der Waals surface area contributed by atoms with Gasteiger partial charge in [-0.3, -0.25) is 4.98 Å². The van der Waals surface area contributed by atoms with Crippen LogP contribution in [-0.4, -0.2) is 15.0 Å². The smallest absolute Gasteiger partial charge is 0.221 e. The van der Waals surface area contributed by atoms with Crippen molar-refractivity contribution >= 4 is 16.9 Å². The zero-order chi connectivity index (χ0) is 12.5.